The highest BCUT2D eigenvalue weighted by molar-refractivity contribution is 7.91. The van der Waals surface area contributed by atoms with Gasteiger partial charge in [-0.05, 0) is 60.5 Å². The van der Waals surface area contributed by atoms with Gasteiger partial charge in [0.1, 0.15) is 17.4 Å². The Bertz CT molecular complexity index is 1380. The van der Waals surface area contributed by atoms with Crippen molar-refractivity contribution in [2.45, 2.75) is 16.7 Å². The summed E-state index contributed by atoms with van der Waals surface area (Å²) in [5.41, 5.74) is 1.56. The zero-order valence-electron chi connectivity index (χ0n) is 16.2. The summed E-state index contributed by atoms with van der Waals surface area (Å²) in [4.78, 5) is 3.87. The maximum absolute atomic E-state index is 14.1. The maximum atomic E-state index is 14.1. The number of methoxy groups -OCH3 is 1. The summed E-state index contributed by atoms with van der Waals surface area (Å²) < 4.78 is 60.3. The predicted octanol–water partition coefficient (Wildman–Crippen LogP) is 5.33. The first-order valence-corrected chi connectivity index (χ1v) is 10.5. The molecule has 0 fully saturated rings. The molecular formula is C23H17F2NO3S. The zero-order chi connectivity index (χ0) is 21.5. The van der Waals surface area contributed by atoms with Gasteiger partial charge in [0.25, 0.3) is 0 Å². The Hall–Kier alpha value is -3.32. The Morgan fingerprint density at radius 1 is 0.967 bits per heavy atom. The first kappa shape index (κ1) is 20.0. The Balaban J connectivity index is 2.08. The number of ether oxygens (including phenoxy) is 1. The molecule has 0 aliphatic heterocycles. The van der Waals surface area contributed by atoms with Gasteiger partial charge >= 0.3 is 0 Å². The Labute approximate surface area is 172 Å². The van der Waals surface area contributed by atoms with E-state index in [1.54, 1.807) is 31.2 Å². The van der Waals surface area contributed by atoms with Gasteiger partial charge in [-0.25, -0.2) is 17.2 Å². The third-order valence-electron chi connectivity index (χ3n) is 4.90. The number of aryl methyl sites for hydroxylation is 1. The number of hydrogen-bond acceptors (Lipinski definition) is 4. The molecule has 0 saturated heterocycles. The summed E-state index contributed by atoms with van der Waals surface area (Å²) >= 11 is 0. The minimum atomic E-state index is -4.15. The fourth-order valence-electron chi connectivity index (χ4n) is 3.29. The molecule has 0 amide bonds. The van der Waals surface area contributed by atoms with Crippen LogP contribution in [0.4, 0.5) is 8.78 Å². The minimum Gasteiger partial charge on any atom is -0.497 e. The largest absolute Gasteiger partial charge is 0.497 e. The molecule has 0 aliphatic rings. The van der Waals surface area contributed by atoms with Gasteiger partial charge in [-0.2, -0.15) is 0 Å². The number of sulfone groups is 1. The van der Waals surface area contributed by atoms with Gasteiger partial charge in [0.15, 0.2) is 0 Å². The van der Waals surface area contributed by atoms with E-state index in [4.69, 9.17) is 4.74 Å². The summed E-state index contributed by atoms with van der Waals surface area (Å²) in [5, 5.41) is 0.330. The molecule has 1 heterocycles. The average molecular weight is 425 g/mol. The quantitative estimate of drug-likeness (QED) is 0.444. The van der Waals surface area contributed by atoms with E-state index in [2.05, 4.69) is 4.98 Å². The van der Waals surface area contributed by atoms with Gasteiger partial charge in [0, 0.05) is 17.1 Å². The molecule has 0 radical (unpaired) electrons. The molecule has 4 nitrogen and oxygen atoms in total. The number of pyridine rings is 1. The lowest BCUT2D eigenvalue weighted by molar-refractivity contribution is 0.415. The van der Waals surface area contributed by atoms with Crippen LogP contribution in [0, 0.1) is 18.6 Å². The fourth-order valence-corrected chi connectivity index (χ4v) is 4.74. The molecule has 0 aliphatic carbocycles. The summed E-state index contributed by atoms with van der Waals surface area (Å²) in [6.45, 7) is 1.55. The highest BCUT2D eigenvalue weighted by Crippen LogP contribution is 2.38. The van der Waals surface area contributed by atoms with Gasteiger partial charge in [-0.1, -0.05) is 18.2 Å². The van der Waals surface area contributed by atoms with Gasteiger partial charge < -0.3 is 4.74 Å². The smallest absolute Gasteiger partial charge is 0.208 e. The third kappa shape index (κ3) is 3.41. The topological polar surface area (TPSA) is 56.3 Å². The molecule has 1 aromatic heterocycles. The van der Waals surface area contributed by atoms with Crippen molar-refractivity contribution in [1.29, 1.82) is 0 Å². The zero-order valence-corrected chi connectivity index (χ0v) is 17.0. The first-order valence-electron chi connectivity index (χ1n) is 9.05. The van der Waals surface area contributed by atoms with E-state index in [9.17, 15) is 17.2 Å². The molecule has 7 heteroatoms. The Morgan fingerprint density at radius 2 is 1.77 bits per heavy atom. The lowest BCUT2D eigenvalue weighted by Gasteiger charge is -2.15. The van der Waals surface area contributed by atoms with Crippen molar-refractivity contribution in [3.05, 3.63) is 84.1 Å². The number of rotatable bonds is 4. The number of fused-ring (bicyclic) bond motifs is 1. The normalized spacial score (nSPS) is 11.6. The highest BCUT2D eigenvalue weighted by atomic mass is 32.2. The second kappa shape index (κ2) is 7.50. The number of halogens is 2. The van der Waals surface area contributed by atoms with E-state index >= 15 is 0 Å². The summed E-state index contributed by atoms with van der Waals surface area (Å²) in [6, 6.07) is 14.5. The van der Waals surface area contributed by atoms with Crippen molar-refractivity contribution in [2.75, 3.05) is 7.11 Å². The van der Waals surface area contributed by atoms with E-state index in [0.29, 0.717) is 27.8 Å². The van der Waals surface area contributed by atoms with Crippen LogP contribution < -0.4 is 4.74 Å². The van der Waals surface area contributed by atoms with Crippen LogP contribution in [0.25, 0.3) is 22.0 Å². The predicted molar refractivity (Wildman–Crippen MR) is 110 cm³/mol. The van der Waals surface area contributed by atoms with Crippen molar-refractivity contribution in [3.8, 4) is 16.9 Å². The molecule has 0 saturated carbocycles. The molecule has 152 valence electrons. The van der Waals surface area contributed by atoms with Crippen LogP contribution in [-0.4, -0.2) is 20.5 Å². The van der Waals surface area contributed by atoms with Gasteiger partial charge in [-0.15, -0.1) is 0 Å². The molecule has 0 spiro atoms. The minimum absolute atomic E-state index is 0.142. The van der Waals surface area contributed by atoms with Crippen molar-refractivity contribution >= 4 is 20.7 Å². The van der Waals surface area contributed by atoms with Crippen molar-refractivity contribution in [3.63, 3.8) is 0 Å². The van der Waals surface area contributed by atoms with E-state index < -0.39 is 21.5 Å². The van der Waals surface area contributed by atoms with Gasteiger partial charge in [0.2, 0.25) is 9.84 Å². The van der Waals surface area contributed by atoms with Crippen molar-refractivity contribution in [1.82, 2.24) is 4.98 Å². The standard InChI is InChI=1S/C23H17F2NO3S/c1-14-6-8-18(12-20(14)25)30(27,28)22-13-26-21-9-7-16(24)11-19(21)23(22)15-4-3-5-17(10-15)29-2/h3-13H,1-2H3. The van der Waals surface area contributed by atoms with E-state index in [1.165, 1.54) is 43.6 Å². The molecule has 3 aromatic carbocycles. The van der Waals surface area contributed by atoms with Gasteiger partial charge in [0.05, 0.1) is 22.4 Å². The van der Waals surface area contributed by atoms with E-state index in [1.807, 2.05) is 0 Å². The molecule has 4 aromatic rings. The molecule has 0 atom stereocenters. The lowest BCUT2D eigenvalue weighted by atomic mass is 10.0. The van der Waals surface area contributed by atoms with Crippen LogP contribution in [0.1, 0.15) is 5.56 Å². The first-order chi connectivity index (χ1) is 14.3. The molecule has 0 unspecified atom stereocenters. The number of nitrogens with zero attached hydrogens (tertiary/aromatic N) is 1. The van der Waals surface area contributed by atoms with Crippen LogP contribution >= 0.6 is 0 Å². The Morgan fingerprint density at radius 3 is 2.50 bits per heavy atom. The summed E-state index contributed by atoms with van der Waals surface area (Å²) in [5.74, 6) is -0.637. The third-order valence-corrected chi connectivity index (χ3v) is 6.66. The monoisotopic (exact) mass is 425 g/mol. The maximum Gasteiger partial charge on any atom is 0.208 e. The molecule has 0 bridgehead atoms. The van der Waals surface area contributed by atoms with Crippen LogP contribution in [-0.2, 0) is 9.84 Å². The van der Waals surface area contributed by atoms with Crippen LogP contribution in [0.3, 0.4) is 0 Å². The fraction of sp³-hybridized carbons (Fsp3) is 0.0870. The van der Waals surface area contributed by atoms with Crippen LogP contribution in [0.2, 0.25) is 0 Å². The van der Waals surface area contributed by atoms with Gasteiger partial charge in [-0.3, -0.25) is 4.98 Å². The number of aromatic nitrogens is 1. The molecular weight excluding hydrogens is 408 g/mol. The van der Waals surface area contributed by atoms with Crippen LogP contribution in [0.15, 0.2) is 76.7 Å². The molecule has 4 rings (SSSR count). The average Bonchev–Trinajstić information content (AvgIpc) is 2.74. The number of benzene rings is 3. The van der Waals surface area contributed by atoms with Crippen LogP contribution in [0.5, 0.6) is 5.75 Å². The lowest BCUT2D eigenvalue weighted by Crippen LogP contribution is -2.06. The second-order valence-corrected chi connectivity index (χ2v) is 8.72. The molecule has 30 heavy (non-hydrogen) atoms. The van der Waals surface area contributed by atoms with Crippen molar-refractivity contribution < 1.29 is 21.9 Å². The van der Waals surface area contributed by atoms with E-state index in [-0.39, 0.29) is 15.4 Å². The highest BCUT2D eigenvalue weighted by Gasteiger charge is 2.26. The van der Waals surface area contributed by atoms with Crippen molar-refractivity contribution in [2.24, 2.45) is 0 Å². The summed E-state index contributed by atoms with van der Waals surface area (Å²) in [7, 11) is -2.65. The SMILES string of the molecule is COc1cccc(-c2c(S(=O)(=O)c3ccc(C)c(F)c3)cnc3ccc(F)cc23)c1. The van der Waals surface area contributed by atoms with E-state index in [0.717, 1.165) is 6.07 Å². The molecule has 0 N–H and O–H groups in total. The second-order valence-electron chi connectivity index (χ2n) is 6.81. The Kier molecular flexibility index (Phi) is 4.99. The summed E-state index contributed by atoms with van der Waals surface area (Å²) in [6.07, 6.45) is 1.22. The number of hydrogen-bond donors (Lipinski definition) is 0.